The van der Waals surface area contributed by atoms with Gasteiger partial charge in [-0.2, -0.15) is 5.10 Å². The highest BCUT2D eigenvalue weighted by atomic mass is 79.9. The fourth-order valence-electron chi connectivity index (χ4n) is 9.76. The van der Waals surface area contributed by atoms with Crippen molar-refractivity contribution in [1.29, 1.82) is 0 Å². The molecule has 1 N–H and O–H groups in total. The molecule has 2 saturated heterocycles. The molecule has 3 aromatic carbocycles. The number of carbonyl (C=O) groups is 4. The van der Waals surface area contributed by atoms with E-state index in [9.17, 15) is 29.6 Å². The number of amides is 4. The number of methoxy groups -OCH3 is 1. The Morgan fingerprint density at radius 1 is 1.04 bits per heavy atom. The molecule has 6 unspecified atom stereocenters. The number of thiophene rings is 1. The van der Waals surface area contributed by atoms with Gasteiger partial charge in [-0.05, 0) is 80.0 Å². The van der Waals surface area contributed by atoms with Crippen LogP contribution in [-0.4, -0.2) is 50.5 Å². The molecule has 4 heterocycles. The molecular formula is C41H33BrClN5O8S. The molecule has 0 radical (unpaired) electrons. The number of nitro benzene ring substituents is 1. The summed E-state index contributed by atoms with van der Waals surface area (Å²) in [5, 5.41) is 29.7. The lowest BCUT2D eigenvalue weighted by Crippen LogP contribution is -2.49. The third-order valence-corrected chi connectivity index (χ3v) is 14.4. The number of nitro groups is 1. The zero-order chi connectivity index (χ0) is 40.4. The van der Waals surface area contributed by atoms with E-state index in [-0.39, 0.29) is 41.5 Å². The molecule has 6 atom stereocenters. The highest BCUT2D eigenvalue weighted by Gasteiger charge is 2.68. The van der Waals surface area contributed by atoms with E-state index in [0.29, 0.717) is 26.3 Å². The van der Waals surface area contributed by atoms with Crippen LogP contribution in [0.15, 0.2) is 76.8 Å². The molecule has 3 fully saturated rings. The van der Waals surface area contributed by atoms with E-state index < -0.39 is 63.6 Å². The molecule has 0 spiro atoms. The van der Waals surface area contributed by atoms with Gasteiger partial charge >= 0.3 is 0 Å². The van der Waals surface area contributed by atoms with Crippen molar-refractivity contribution in [2.45, 2.75) is 32.6 Å². The van der Waals surface area contributed by atoms with Crippen LogP contribution in [0.5, 0.6) is 11.5 Å². The highest BCUT2D eigenvalue weighted by Crippen LogP contribution is 2.65. The number of allylic oxidation sites excluding steroid dienone is 2. The molecule has 2 aromatic heterocycles. The van der Waals surface area contributed by atoms with Crippen molar-refractivity contribution in [3.05, 3.63) is 103 Å². The van der Waals surface area contributed by atoms with Gasteiger partial charge in [-0.1, -0.05) is 45.2 Å². The Balaban J connectivity index is 1.17. The lowest BCUT2D eigenvalue weighted by atomic mass is 9.51. The summed E-state index contributed by atoms with van der Waals surface area (Å²) < 4.78 is 8.60. The van der Waals surface area contributed by atoms with Gasteiger partial charge < -0.3 is 9.84 Å². The van der Waals surface area contributed by atoms with E-state index in [1.807, 2.05) is 31.2 Å². The lowest BCUT2D eigenvalue weighted by Gasteiger charge is -2.49. The summed E-state index contributed by atoms with van der Waals surface area (Å²) in [6, 6.07) is 16.1. The van der Waals surface area contributed by atoms with Crippen molar-refractivity contribution in [2.24, 2.45) is 36.1 Å². The quantitative estimate of drug-likeness (QED) is 0.0769. The number of hydrogen-bond acceptors (Lipinski definition) is 10. The van der Waals surface area contributed by atoms with Gasteiger partial charge in [0, 0.05) is 50.9 Å². The number of phenols is 1. The number of halogens is 2. The number of anilines is 2. The maximum absolute atomic E-state index is 15.2. The highest BCUT2D eigenvalue weighted by molar-refractivity contribution is 9.10. The van der Waals surface area contributed by atoms with E-state index in [0.717, 1.165) is 25.4 Å². The molecular weight excluding hydrogens is 838 g/mol. The first-order valence-corrected chi connectivity index (χ1v) is 20.1. The number of non-ortho nitro benzene ring substituents is 1. The number of benzene rings is 3. The first-order valence-electron chi connectivity index (χ1n) is 18.2. The predicted octanol–water partition coefficient (Wildman–Crippen LogP) is 8.08. The van der Waals surface area contributed by atoms with Crippen LogP contribution in [-0.2, 0) is 26.2 Å². The number of aryl methyl sites for hydroxylation is 2. The largest absolute Gasteiger partial charge is 0.504 e. The van der Waals surface area contributed by atoms with Gasteiger partial charge in [0.15, 0.2) is 11.5 Å². The Hall–Kier alpha value is -5.38. The van der Waals surface area contributed by atoms with Crippen molar-refractivity contribution >= 4 is 89.8 Å². The number of aromatic hydroxyl groups is 1. The number of phenolic OH excluding ortho intramolecular Hbond substituents is 1. The number of aromatic nitrogens is 2. The summed E-state index contributed by atoms with van der Waals surface area (Å²) in [6.45, 7) is 3.70. The third-order valence-electron chi connectivity index (χ3n) is 12.4. The second-order valence-corrected chi connectivity index (χ2v) is 17.6. The Labute approximate surface area is 342 Å². The Morgan fingerprint density at radius 2 is 1.81 bits per heavy atom. The second kappa shape index (κ2) is 13.1. The topological polar surface area (TPSA) is 165 Å². The van der Waals surface area contributed by atoms with Crippen LogP contribution in [0.25, 0.3) is 20.7 Å². The van der Waals surface area contributed by atoms with Crippen LogP contribution in [0, 0.1) is 46.1 Å². The van der Waals surface area contributed by atoms with Crippen molar-refractivity contribution < 1.29 is 33.9 Å². The van der Waals surface area contributed by atoms with E-state index in [1.165, 1.54) is 52.3 Å². The standard InChI is InChI=1S/C41H33BrClN5O8S/c1-18-25-14-20(43)8-11-31(25)57-36(18)29-17-32(45(3)44-29)47-38(51)28-16-26-23(34(41(28,2)40(47)53)27-12-19(42)13-30(56-4)35(27)49)9-10-24-33(26)39(52)46(37(24)50)21-6-5-7-22(15-21)48(54)55/h5-9,11-15,17,24,26,28,33-34,49H,10,16H2,1-4H3. The van der Waals surface area contributed by atoms with Crippen LogP contribution >= 0.6 is 38.9 Å². The van der Waals surface area contributed by atoms with Gasteiger partial charge in [0.1, 0.15) is 11.5 Å². The van der Waals surface area contributed by atoms with Crippen LogP contribution < -0.4 is 14.5 Å². The van der Waals surface area contributed by atoms with E-state index in [4.69, 9.17) is 21.4 Å². The average molecular weight is 871 g/mol. The summed E-state index contributed by atoms with van der Waals surface area (Å²) in [5.41, 5.74) is 0.865. The van der Waals surface area contributed by atoms with Crippen LogP contribution in [0.3, 0.4) is 0 Å². The molecule has 4 aliphatic rings. The molecule has 13 nitrogen and oxygen atoms in total. The van der Waals surface area contributed by atoms with Crippen molar-refractivity contribution in [1.82, 2.24) is 9.78 Å². The molecule has 4 amide bonds. The van der Waals surface area contributed by atoms with Crippen molar-refractivity contribution in [2.75, 3.05) is 16.9 Å². The minimum Gasteiger partial charge on any atom is -0.504 e. The summed E-state index contributed by atoms with van der Waals surface area (Å²) >= 11 is 11.4. The average Bonchev–Trinajstić information content (AvgIpc) is 3.85. The van der Waals surface area contributed by atoms with E-state index in [1.54, 1.807) is 32.2 Å². The monoisotopic (exact) mass is 869 g/mol. The van der Waals surface area contributed by atoms with Crippen LogP contribution in [0.2, 0.25) is 5.02 Å². The smallest absolute Gasteiger partial charge is 0.271 e. The molecule has 290 valence electrons. The molecule has 5 aromatic rings. The minimum atomic E-state index is -1.46. The maximum atomic E-state index is 15.2. The maximum Gasteiger partial charge on any atom is 0.271 e. The van der Waals surface area contributed by atoms with Crippen LogP contribution in [0.1, 0.15) is 36.8 Å². The molecule has 2 aliphatic heterocycles. The molecule has 0 bridgehead atoms. The summed E-state index contributed by atoms with van der Waals surface area (Å²) in [7, 11) is 3.08. The molecule has 9 rings (SSSR count). The second-order valence-electron chi connectivity index (χ2n) is 15.2. The van der Waals surface area contributed by atoms with Gasteiger partial charge in [0.2, 0.25) is 23.6 Å². The summed E-state index contributed by atoms with van der Waals surface area (Å²) in [4.78, 5) is 72.8. The van der Waals surface area contributed by atoms with Gasteiger partial charge in [0.05, 0.1) is 45.8 Å². The Kier molecular flexibility index (Phi) is 8.54. The van der Waals surface area contributed by atoms with Crippen molar-refractivity contribution in [3.63, 3.8) is 0 Å². The van der Waals surface area contributed by atoms with Gasteiger partial charge in [0.25, 0.3) is 5.69 Å². The fourth-order valence-corrected chi connectivity index (χ4v) is 11.5. The fraction of sp³-hybridized carbons (Fsp3) is 0.293. The third kappa shape index (κ3) is 5.27. The number of hydrogen-bond donors (Lipinski definition) is 1. The number of nitrogens with zero attached hydrogens (tertiary/aromatic N) is 5. The number of fused-ring (bicyclic) bond motifs is 5. The van der Waals surface area contributed by atoms with Crippen LogP contribution in [0.4, 0.5) is 17.2 Å². The van der Waals surface area contributed by atoms with Gasteiger partial charge in [-0.25, -0.2) is 9.80 Å². The zero-order valence-electron chi connectivity index (χ0n) is 30.9. The van der Waals surface area contributed by atoms with E-state index >= 15 is 4.79 Å². The first-order chi connectivity index (χ1) is 27.1. The molecule has 57 heavy (non-hydrogen) atoms. The number of carbonyl (C=O) groups excluding carboxylic acids is 4. The molecule has 16 heteroatoms. The van der Waals surface area contributed by atoms with Crippen molar-refractivity contribution in [3.8, 4) is 22.1 Å². The Bertz CT molecular complexity index is 2690. The zero-order valence-corrected chi connectivity index (χ0v) is 34.0. The summed E-state index contributed by atoms with van der Waals surface area (Å²) in [6.07, 6.45) is 2.08. The normalized spacial score (nSPS) is 25.5. The number of ether oxygens (including phenoxy) is 1. The predicted molar refractivity (Wildman–Crippen MR) is 216 cm³/mol. The van der Waals surface area contributed by atoms with Gasteiger partial charge in [-0.15, -0.1) is 11.3 Å². The molecule has 2 aliphatic carbocycles. The molecule has 1 saturated carbocycles. The summed E-state index contributed by atoms with van der Waals surface area (Å²) in [5.74, 6) is -6.16. The van der Waals surface area contributed by atoms with E-state index in [2.05, 4.69) is 15.9 Å². The SMILES string of the molecule is COc1cc(Br)cc(C2C3=CCC4C(=O)N(c5cccc([N+](=O)[O-])c5)C(=O)C4C3CC3C(=O)N(c4cc(-c5sc6ccc(Cl)cc6c5C)nn4C)C(=O)C32C)c1O. The number of imide groups is 2. The van der Waals surface area contributed by atoms with Gasteiger partial charge in [-0.3, -0.25) is 34.0 Å². The number of rotatable bonds is 6. The lowest BCUT2D eigenvalue weighted by molar-refractivity contribution is -0.384. The first kappa shape index (κ1) is 37.2. The minimum absolute atomic E-state index is 0.0651. The Morgan fingerprint density at radius 3 is 2.54 bits per heavy atom.